The van der Waals surface area contributed by atoms with Crippen molar-refractivity contribution in [1.29, 1.82) is 0 Å². The maximum absolute atomic E-state index is 9.70. The number of anilines is 3. The summed E-state index contributed by atoms with van der Waals surface area (Å²) in [6.45, 7) is 0. The second-order valence-electron chi connectivity index (χ2n) is 5.31. The number of rotatable bonds is 5. The first-order valence-corrected chi connectivity index (χ1v) is 6.91. The molecule has 3 N–H and O–H groups in total. The Morgan fingerprint density at radius 1 is 1.04 bits per heavy atom. The van der Waals surface area contributed by atoms with E-state index in [1.807, 2.05) is 33.1 Å². The first-order valence-electron chi connectivity index (χ1n) is 6.91. The number of benzene rings is 1. The molecule has 1 aromatic heterocycles. The van der Waals surface area contributed by atoms with Crippen molar-refractivity contribution in [2.24, 2.45) is 5.10 Å². The molecule has 0 saturated heterocycles. The predicted molar refractivity (Wildman–Crippen MR) is 91.7 cm³/mol. The Kier molecular flexibility index (Phi) is 4.85. The van der Waals surface area contributed by atoms with Crippen LogP contribution in [0.5, 0.6) is 11.5 Å². The van der Waals surface area contributed by atoms with Crippen molar-refractivity contribution >= 4 is 23.8 Å². The number of aromatic nitrogens is 2. The van der Waals surface area contributed by atoms with E-state index in [1.165, 1.54) is 18.3 Å². The van der Waals surface area contributed by atoms with E-state index in [0.29, 0.717) is 17.3 Å². The van der Waals surface area contributed by atoms with Crippen molar-refractivity contribution in [3.8, 4) is 11.5 Å². The molecule has 0 spiro atoms. The molecule has 0 radical (unpaired) electrons. The summed E-state index contributed by atoms with van der Waals surface area (Å²) >= 11 is 0. The number of nitrogens with one attached hydrogen (secondary N) is 1. The van der Waals surface area contributed by atoms with E-state index >= 15 is 0 Å². The summed E-state index contributed by atoms with van der Waals surface area (Å²) in [5.41, 5.74) is 3.29. The molecule has 8 nitrogen and oxygen atoms in total. The molecular formula is C15H20N6O2. The molecule has 2 aromatic rings. The van der Waals surface area contributed by atoms with Crippen molar-refractivity contribution < 1.29 is 10.2 Å². The Morgan fingerprint density at radius 2 is 1.78 bits per heavy atom. The Labute approximate surface area is 134 Å². The van der Waals surface area contributed by atoms with Gasteiger partial charge in [-0.15, -0.1) is 0 Å². The van der Waals surface area contributed by atoms with E-state index in [0.717, 1.165) is 5.82 Å². The summed E-state index contributed by atoms with van der Waals surface area (Å²) in [6, 6.07) is 6.05. The topological polar surface area (TPSA) is 97.1 Å². The summed E-state index contributed by atoms with van der Waals surface area (Å²) in [6.07, 6.45) is 1.45. The molecule has 0 bridgehead atoms. The highest BCUT2D eigenvalue weighted by Gasteiger charge is 2.07. The minimum Gasteiger partial charge on any atom is -0.508 e. The van der Waals surface area contributed by atoms with Crippen LogP contribution in [0.4, 0.5) is 17.6 Å². The maximum Gasteiger partial charge on any atom is 0.228 e. The van der Waals surface area contributed by atoms with Crippen LogP contribution in [0.2, 0.25) is 0 Å². The van der Waals surface area contributed by atoms with Gasteiger partial charge >= 0.3 is 0 Å². The first-order chi connectivity index (χ1) is 10.9. The fourth-order valence-corrected chi connectivity index (χ4v) is 1.72. The van der Waals surface area contributed by atoms with E-state index < -0.39 is 0 Å². The molecule has 0 aliphatic heterocycles. The molecule has 122 valence electrons. The summed E-state index contributed by atoms with van der Waals surface area (Å²) < 4.78 is 0. The molecule has 1 heterocycles. The molecule has 1 aromatic carbocycles. The van der Waals surface area contributed by atoms with E-state index in [-0.39, 0.29) is 11.5 Å². The third kappa shape index (κ3) is 4.22. The van der Waals surface area contributed by atoms with Gasteiger partial charge in [0.1, 0.15) is 17.3 Å². The summed E-state index contributed by atoms with van der Waals surface area (Å²) in [5, 5.41) is 23.0. The molecule has 0 aliphatic rings. The number of phenolic OH excluding ortho intramolecular Hbond substituents is 2. The molecule has 0 amide bonds. The zero-order valence-corrected chi connectivity index (χ0v) is 13.5. The van der Waals surface area contributed by atoms with Gasteiger partial charge in [0.05, 0.1) is 6.21 Å². The molecule has 23 heavy (non-hydrogen) atoms. The highest BCUT2D eigenvalue weighted by Crippen LogP contribution is 2.21. The molecule has 2 rings (SSSR count). The number of hydrogen-bond donors (Lipinski definition) is 3. The second kappa shape index (κ2) is 6.82. The Hall–Kier alpha value is -3.03. The molecule has 0 saturated carbocycles. The second-order valence-corrected chi connectivity index (χ2v) is 5.31. The fourth-order valence-electron chi connectivity index (χ4n) is 1.72. The monoisotopic (exact) mass is 316 g/mol. The number of nitrogens with zero attached hydrogens (tertiary/aromatic N) is 5. The highest BCUT2D eigenvalue weighted by molar-refractivity contribution is 5.84. The third-order valence-corrected chi connectivity index (χ3v) is 2.96. The van der Waals surface area contributed by atoms with E-state index in [4.69, 9.17) is 0 Å². The van der Waals surface area contributed by atoms with Crippen LogP contribution in [0.1, 0.15) is 5.56 Å². The van der Waals surface area contributed by atoms with E-state index in [2.05, 4.69) is 20.5 Å². The van der Waals surface area contributed by atoms with Crippen LogP contribution in [0.3, 0.4) is 0 Å². The van der Waals surface area contributed by atoms with Crippen LogP contribution in [0, 0.1) is 0 Å². The van der Waals surface area contributed by atoms with Gasteiger partial charge in [0.15, 0.2) is 5.82 Å². The van der Waals surface area contributed by atoms with Gasteiger partial charge in [-0.25, -0.2) is 0 Å². The van der Waals surface area contributed by atoms with Gasteiger partial charge < -0.3 is 20.0 Å². The van der Waals surface area contributed by atoms with Crippen LogP contribution < -0.4 is 15.2 Å². The minimum absolute atomic E-state index is 0.00495. The standard InChI is InChI=1S/C15H20N6O2/c1-20(2)14-8-13(17-15(18-14)21(3)4)19-16-9-10-5-6-11(22)7-12(10)23/h5-9,22-23H,1-4H3,(H,17,18,19). The lowest BCUT2D eigenvalue weighted by molar-refractivity contribution is 0.450. The summed E-state index contributed by atoms with van der Waals surface area (Å²) in [7, 11) is 7.50. The third-order valence-electron chi connectivity index (χ3n) is 2.96. The molecule has 0 unspecified atom stereocenters. The number of hydrazone groups is 1. The fraction of sp³-hybridized carbons (Fsp3) is 0.267. The van der Waals surface area contributed by atoms with Gasteiger partial charge in [0.25, 0.3) is 0 Å². The normalized spacial score (nSPS) is 10.8. The lowest BCUT2D eigenvalue weighted by atomic mass is 10.2. The van der Waals surface area contributed by atoms with Gasteiger partial charge in [0, 0.05) is 45.9 Å². The molecular weight excluding hydrogens is 296 g/mol. The average molecular weight is 316 g/mol. The van der Waals surface area contributed by atoms with Crippen LogP contribution in [-0.4, -0.2) is 54.6 Å². The van der Waals surface area contributed by atoms with Crippen molar-refractivity contribution in [1.82, 2.24) is 9.97 Å². The van der Waals surface area contributed by atoms with Gasteiger partial charge in [-0.2, -0.15) is 15.1 Å². The summed E-state index contributed by atoms with van der Waals surface area (Å²) in [5.74, 6) is 1.77. The highest BCUT2D eigenvalue weighted by atomic mass is 16.3. The minimum atomic E-state index is -0.0544. The molecule has 0 atom stereocenters. The Balaban J connectivity index is 2.20. The quantitative estimate of drug-likeness (QED) is 0.567. The maximum atomic E-state index is 9.70. The van der Waals surface area contributed by atoms with Crippen molar-refractivity contribution in [2.45, 2.75) is 0 Å². The predicted octanol–water partition coefficient (Wildman–Crippen LogP) is 1.47. The van der Waals surface area contributed by atoms with Crippen LogP contribution >= 0.6 is 0 Å². The smallest absolute Gasteiger partial charge is 0.228 e. The van der Waals surface area contributed by atoms with Crippen molar-refractivity contribution in [2.75, 3.05) is 43.4 Å². The van der Waals surface area contributed by atoms with Gasteiger partial charge in [-0.3, -0.25) is 5.43 Å². The zero-order chi connectivity index (χ0) is 17.0. The Morgan fingerprint density at radius 3 is 2.39 bits per heavy atom. The lowest BCUT2D eigenvalue weighted by Crippen LogP contribution is -2.17. The van der Waals surface area contributed by atoms with Crippen LogP contribution in [0.25, 0.3) is 0 Å². The van der Waals surface area contributed by atoms with Crippen LogP contribution in [0.15, 0.2) is 29.4 Å². The number of aromatic hydroxyl groups is 2. The zero-order valence-electron chi connectivity index (χ0n) is 13.5. The molecule has 8 heteroatoms. The average Bonchev–Trinajstić information content (AvgIpc) is 2.49. The Bertz CT molecular complexity index is 689. The molecule has 0 fully saturated rings. The SMILES string of the molecule is CN(C)c1cc(NN=Cc2ccc(O)cc2O)nc(N(C)C)n1. The first kappa shape index (κ1) is 16.3. The largest absolute Gasteiger partial charge is 0.508 e. The lowest BCUT2D eigenvalue weighted by Gasteiger charge is -2.16. The number of phenols is 2. The van der Waals surface area contributed by atoms with Crippen molar-refractivity contribution in [3.63, 3.8) is 0 Å². The van der Waals surface area contributed by atoms with E-state index in [1.54, 1.807) is 17.0 Å². The summed E-state index contributed by atoms with van der Waals surface area (Å²) in [4.78, 5) is 12.4. The van der Waals surface area contributed by atoms with Crippen LogP contribution in [-0.2, 0) is 0 Å². The van der Waals surface area contributed by atoms with E-state index in [9.17, 15) is 10.2 Å². The molecule has 0 aliphatic carbocycles. The van der Waals surface area contributed by atoms with Gasteiger partial charge in [-0.05, 0) is 12.1 Å². The number of hydrogen-bond acceptors (Lipinski definition) is 8. The van der Waals surface area contributed by atoms with Gasteiger partial charge in [0.2, 0.25) is 5.95 Å². The van der Waals surface area contributed by atoms with Crippen molar-refractivity contribution in [3.05, 3.63) is 29.8 Å². The van der Waals surface area contributed by atoms with Gasteiger partial charge in [-0.1, -0.05) is 0 Å².